The quantitative estimate of drug-likeness (QED) is 0.715. The molecule has 0 aliphatic heterocycles. The van der Waals surface area contributed by atoms with Crippen LogP contribution in [-0.2, 0) is 11.3 Å². The van der Waals surface area contributed by atoms with Crippen LogP contribution in [0.25, 0.3) is 0 Å². The molecule has 0 saturated carbocycles. The Hall–Kier alpha value is -1.58. The molecule has 0 fully saturated rings. The van der Waals surface area contributed by atoms with Crippen LogP contribution in [0.1, 0.15) is 60.3 Å². The van der Waals surface area contributed by atoms with Gasteiger partial charge in [0.1, 0.15) is 0 Å². The number of rotatable bonds is 7. The van der Waals surface area contributed by atoms with E-state index in [1.807, 2.05) is 4.57 Å². The first kappa shape index (κ1) is 18.5. The smallest absolute Gasteiger partial charge is 0.316 e. The summed E-state index contributed by atoms with van der Waals surface area (Å²) in [7, 11) is 0. The van der Waals surface area contributed by atoms with E-state index in [9.17, 15) is 9.59 Å². The van der Waals surface area contributed by atoms with Crippen LogP contribution >= 0.6 is 0 Å². The molecule has 4 heteroatoms. The molecule has 1 atom stereocenters. The SMILES string of the molecule is CCCCC(CC)Cn1ccc(=O)c(OC(=O)C(C)(C)C)c1. The van der Waals surface area contributed by atoms with Gasteiger partial charge in [-0.05, 0) is 33.1 Å². The molecule has 0 aromatic carbocycles. The minimum absolute atomic E-state index is 0.118. The van der Waals surface area contributed by atoms with Crippen LogP contribution in [-0.4, -0.2) is 10.5 Å². The zero-order valence-electron chi connectivity index (χ0n) is 14.5. The minimum Gasteiger partial charge on any atom is -0.420 e. The second-order valence-corrected chi connectivity index (χ2v) is 6.93. The van der Waals surface area contributed by atoms with Crippen molar-refractivity contribution in [2.75, 3.05) is 0 Å². The fourth-order valence-electron chi connectivity index (χ4n) is 2.16. The molecule has 0 spiro atoms. The van der Waals surface area contributed by atoms with Crippen molar-refractivity contribution >= 4 is 5.97 Å². The van der Waals surface area contributed by atoms with Gasteiger partial charge in [-0.25, -0.2) is 0 Å². The van der Waals surface area contributed by atoms with Gasteiger partial charge in [-0.2, -0.15) is 0 Å². The first-order chi connectivity index (χ1) is 10.3. The molecule has 0 aliphatic carbocycles. The molecule has 4 nitrogen and oxygen atoms in total. The molecule has 0 N–H and O–H groups in total. The van der Waals surface area contributed by atoms with E-state index in [-0.39, 0.29) is 17.1 Å². The van der Waals surface area contributed by atoms with E-state index in [0.29, 0.717) is 5.92 Å². The molecule has 1 heterocycles. The maximum Gasteiger partial charge on any atom is 0.316 e. The number of hydrogen-bond donors (Lipinski definition) is 0. The Morgan fingerprint density at radius 1 is 1.32 bits per heavy atom. The van der Waals surface area contributed by atoms with Crippen LogP contribution in [0.2, 0.25) is 0 Å². The molecule has 0 amide bonds. The Bertz CT molecular complexity index is 540. The fraction of sp³-hybridized carbons (Fsp3) is 0.667. The Kier molecular flexibility index (Phi) is 6.85. The molecule has 1 unspecified atom stereocenters. The van der Waals surface area contributed by atoms with E-state index in [0.717, 1.165) is 13.0 Å². The minimum atomic E-state index is -0.625. The van der Waals surface area contributed by atoms with Gasteiger partial charge in [0.25, 0.3) is 0 Å². The van der Waals surface area contributed by atoms with Crippen LogP contribution in [0.4, 0.5) is 0 Å². The number of unbranched alkanes of at least 4 members (excludes halogenated alkanes) is 1. The van der Waals surface area contributed by atoms with E-state index in [1.54, 1.807) is 33.2 Å². The average molecular weight is 307 g/mol. The summed E-state index contributed by atoms with van der Waals surface area (Å²) >= 11 is 0. The van der Waals surface area contributed by atoms with Gasteiger partial charge in [-0.1, -0.05) is 33.1 Å². The van der Waals surface area contributed by atoms with Gasteiger partial charge in [0, 0.05) is 18.8 Å². The summed E-state index contributed by atoms with van der Waals surface area (Å²) < 4.78 is 7.23. The third kappa shape index (κ3) is 5.66. The molecule has 1 aromatic heterocycles. The number of pyridine rings is 1. The van der Waals surface area contributed by atoms with Crippen LogP contribution < -0.4 is 10.2 Å². The summed E-state index contributed by atoms with van der Waals surface area (Å²) in [6.07, 6.45) is 8.10. The third-order valence-corrected chi connectivity index (χ3v) is 3.77. The lowest BCUT2D eigenvalue weighted by Crippen LogP contribution is -2.28. The van der Waals surface area contributed by atoms with Crippen LogP contribution in [0.3, 0.4) is 0 Å². The van der Waals surface area contributed by atoms with Crippen molar-refractivity contribution < 1.29 is 9.53 Å². The van der Waals surface area contributed by atoms with E-state index in [2.05, 4.69) is 13.8 Å². The fourth-order valence-corrected chi connectivity index (χ4v) is 2.16. The van der Waals surface area contributed by atoms with Crippen molar-refractivity contribution in [2.45, 2.75) is 66.8 Å². The van der Waals surface area contributed by atoms with Crippen molar-refractivity contribution in [3.8, 4) is 5.75 Å². The van der Waals surface area contributed by atoms with Crippen LogP contribution in [0.5, 0.6) is 5.75 Å². The van der Waals surface area contributed by atoms with Crippen LogP contribution in [0.15, 0.2) is 23.3 Å². The Morgan fingerprint density at radius 2 is 2.00 bits per heavy atom. The molecule has 0 saturated heterocycles. The summed E-state index contributed by atoms with van der Waals surface area (Å²) in [6.45, 7) is 10.5. The van der Waals surface area contributed by atoms with Crippen molar-refractivity contribution in [2.24, 2.45) is 11.3 Å². The van der Waals surface area contributed by atoms with Gasteiger partial charge in [0.2, 0.25) is 5.43 Å². The third-order valence-electron chi connectivity index (χ3n) is 3.77. The maximum absolute atomic E-state index is 11.9. The number of carbonyl (C=O) groups is 1. The van der Waals surface area contributed by atoms with Gasteiger partial charge in [-0.15, -0.1) is 0 Å². The van der Waals surface area contributed by atoms with E-state index < -0.39 is 5.41 Å². The predicted octanol–water partition coefficient (Wildman–Crippen LogP) is 4.02. The summed E-state index contributed by atoms with van der Waals surface area (Å²) in [5, 5.41) is 0. The molecule has 0 bridgehead atoms. The average Bonchev–Trinajstić information content (AvgIpc) is 2.45. The zero-order valence-corrected chi connectivity index (χ0v) is 14.5. The zero-order chi connectivity index (χ0) is 16.8. The molecular weight excluding hydrogens is 278 g/mol. The standard InChI is InChI=1S/C18H29NO3/c1-6-8-9-14(7-2)12-19-11-10-15(20)16(13-19)22-17(21)18(3,4)5/h10-11,13-14H,6-9,12H2,1-5H3. The highest BCUT2D eigenvalue weighted by atomic mass is 16.5. The highest BCUT2D eigenvalue weighted by Crippen LogP contribution is 2.18. The van der Waals surface area contributed by atoms with Crippen molar-refractivity contribution in [3.05, 3.63) is 28.7 Å². The van der Waals surface area contributed by atoms with E-state index in [1.165, 1.54) is 25.3 Å². The molecule has 1 rings (SSSR count). The van der Waals surface area contributed by atoms with Crippen molar-refractivity contribution in [3.63, 3.8) is 0 Å². The lowest BCUT2D eigenvalue weighted by Gasteiger charge is -2.19. The van der Waals surface area contributed by atoms with Gasteiger partial charge < -0.3 is 9.30 Å². The number of nitrogens with zero attached hydrogens (tertiary/aromatic N) is 1. The van der Waals surface area contributed by atoms with Gasteiger partial charge in [-0.3, -0.25) is 9.59 Å². The Morgan fingerprint density at radius 3 is 2.55 bits per heavy atom. The van der Waals surface area contributed by atoms with E-state index in [4.69, 9.17) is 4.74 Å². The number of hydrogen-bond acceptors (Lipinski definition) is 3. The second-order valence-electron chi connectivity index (χ2n) is 6.93. The highest BCUT2D eigenvalue weighted by molar-refractivity contribution is 5.77. The second kappa shape index (κ2) is 8.16. The normalized spacial score (nSPS) is 13.0. The summed E-state index contributed by atoms with van der Waals surface area (Å²) in [5.74, 6) is 0.307. The maximum atomic E-state index is 11.9. The Balaban J connectivity index is 2.85. The summed E-state index contributed by atoms with van der Waals surface area (Å²) in [6, 6.07) is 1.47. The van der Waals surface area contributed by atoms with Gasteiger partial charge in [0.15, 0.2) is 5.75 Å². The highest BCUT2D eigenvalue weighted by Gasteiger charge is 2.24. The molecule has 1 aromatic rings. The monoisotopic (exact) mass is 307 g/mol. The first-order valence-electron chi connectivity index (χ1n) is 8.20. The predicted molar refractivity (Wildman–Crippen MR) is 89.1 cm³/mol. The topological polar surface area (TPSA) is 48.3 Å². The lowest BCUT2D eigenvalue weighted by atomic mass is 9.97. The molecule has 124 valence electrons. The Labute approximate surface area is 133 Å². The van der Waals surface area contributed by atoms with Crippen molar-refractivity contribution in [1.82, 2.24) is 4.57 Å². The van der Waals surface area contributed by atoms with Crippen LogP contribution in [0, 0.1) is 11.3 Å². The lowest BCUT2D eigenvalue weighted by molar-refractivity contribution is -0.143. The number of aromatic nitrogens is 1. The number of carbonyl (C=O) groups excluding carboxylic acids is 1. The first-order valence-corrected chi connectivity index (χ1v) is 8.20. The molecular formula is C18H29NO3. The van der Waals surface area contributed by atoms with E-state index >= 15 is 0 Å². The van der Waals surface area contributed by atoms with Crippen molar-refractivity contribution in [1.29, 1.82) is 0 Å². The molecule has 0 radical (unpaired) electrons. The number of ether oxygens (including phenoxy) is 1. The molecule has 22 heavy (non-hydrogen) atoms. The summed E-state index contributed by atoms with van der Waals surface area (Å²) in [4.78, 5) is 23.8. The molecule has 0 aliphatic rings. The largest absolute Gasteiger partial charge is 0.420 e. The van der Waals surface area contributed by atoms with Gasteiger partial charge in [0.05, 0.1) is 11.6 Å². The number of esters is 1. The summed E-state index contributed by atoms with van der Waals surface area (Å²) in [5.41, 5.74) is -0.879. The van der Waals surface area contributed by atoms with Gasteiger partial charge >= 0.3 is 5.97 Å².